The van der Waals surface area contributed by atoms with Gasteiger partial charge in [-0.2, -0.15) is 0 Å². The third kappa shape index (κ3) is 7.35. The number of rotatable bonds is 9. The number of sulfonamides is 1. The summed E-state index contributed by atoms with van der Waals surface area (Å²) in [4.78, 5) is 16.3. The van der Waals surface area contributed by atoms with Crippen molar-refractivity contribution in [2.45, 2.75) is 38.6 Å². The van der Waals surface area contributed by atoms with E-state index in [4.69, 9.17) is 4.74 Å². The van der Waals surface area contributed by atoms with Crippen LogP contribution in [-0.4, -0.2) is 38.1 Å². The molecule has 0 aromatic heterocycles. The number of carbonyl (C=O) groups excluding carboxylic acids is 1. The molecule has 0 aliphatic heterocycles. The molecule has 1 rings (SSSR count). The Labute approximate surface area is 154 Å². The number of nitrogens with one attached hydrogen (secondary N) is 1. The van der Waals surface area contributed by atoms with Gasteiger partial charge in [0.25, 0.3) is 0 Å². The van der Waals surface area contributed by atoms with Crippen molar-refractivity contribution in [2.75, 3.05) is 12.4 Å². The molecule has 1 aliphatic rings. The predicted molar refractivity (Wildman–Crippen MR) is 101 cm³/mol. The average molecular weight is 384 g/mol. The molecule has 0 atom stereocenters. The molecule has 144 valence electrons. The summed E-state index contributed by atoms with van der Waals surface area (Å²) in [5.41, 5.74) is -1.01. The highest BCUT2D eigenvalue weighted by Gasteiger charge is 2.24. The summed E-state index contributed by atoms with van der Waals surface area (Å²) in [5.74, 6) is -1.34. The fourth-order valence-electron chi connectivity index (χ4n) is 2.16. The first-order valence-corrected chi connectivity index (χ1v) is 9.79. The van der Waals surface area contributed by atoms with Crippen molar-refractivity contribution in [3.63, 3.8) is 0 Å². The maximum absolute atomic E-state index is 13.7. The van der Waals surface area contributed by atoms with Crippen LogP contribution >= 0.6 is 0 Å². The number of esters is 1. The van der Waals surface area contributed by atoms with E-state index in [9.17, 15) is 17.6 Å². The van der Waals surface area contributed by atoms with Gasteiger partial charge in [-0.1, -0.05) is 18.2 Å². The number of carbonyl (C=O) groups is 1. The molecule has 0 aromatic carbocycles. The molecule has 1 N–H and O–H groups in total. The molecule has 8 heteroatoms. The van der Waals surface area contributed by atoms with Gasteiger partial charge in [-0.25, -0.2) is 17.6 Å². The van der Waals surface area contributed by atoms with E-state index >= 15 is 0 Å². The number of allylic oxidation sites excluding steroid dienone is 2. The monoisotopic (exact) mass is 384 g/mol. The van der Waals surface area contributed by atoms with Crippen molar-refractivity contribution in [2.24, 2.45) is 4.99 Å². The summed E-state index contributed by atoms with van der Waals surface area (Å²) in [7, 11) is -3.60. The van der Waals surface area contributed by atoms with Gasteiger partial charge < -0.3 is 4.74 Å². The van der Waals surface area contributed by atoms with E-state index in [1.54, 1.807) is 19.9 Å². The molecule has 0 saturated heterocycles. The standard InChI is InChI=1S/C18H25FN2O4S/c1-5-9-16(21-26(23,24)12-6-2)20-18(3,4)13-25-17(22)14-10-7-8-11-15(14)19/h5-7,10H,1-2,8-9,11-13H2,3-4H3,(H,20,21). The van der Waals surface area contributed by atoms with Gasteiger partial charge in [-0.3, -0.25) is 9.71 Å². The molecule has 0 bridgehead atoms. The van der Waals surface area contributed by atoms with Crippen molar-refractivity contribution in [1.82, 2.24) is 4.72 Å². The Hall–Kier alpha value is -2.22. The second-order valence-corrected chi connectivity index (χ2v) is 8.14. The third-order valence-corrected chi connectivity index (χ3v) is 4.49. The highest BCUT2D eigenvalue weighted by molar-refractivity contribution is 7.90. The molecule has 0 aromatic rings. The zero-order valence-electron chi connectivity index (χ0n) is 15.1. The van der Waals surface area contributed by atoms with Gasteiger partial charge in [0, 0.05) is 12.8 Å². The van der Waals surface area contributed by atoms with E-state index in [1.165, 1.54) is 18.2 Å². The summed E-state index contributed by atoms with van der Waals surface area (Å²) >= 11 is 0. The molecule has 6 nitrogen and oxygen atoms in total. The number of aliphatic imine (C=N–C) groups is 1. The molecule has 0 heterocycles. The van der Waals surface area contributed by atoms with Crippen LogP contribution in [0.25, 0.3) is 0 Å². The SMILES string of the molecule is C=CCC(=NC(C)(C)COC(=O)C1=C(F)CCC=C1)NS(=O)(=O)CC=C. The highest BCUT2D eigenvalue weighted by Crippen LogP contribution is 2.21. The van der Waals surface area contributed by atoms with Crippen LogP contribution < -0.4 is 4.72 Å². The molecule has 1 aliphatic carbocycles. The van der Waals surface area contributed by atoms with Crippen LogP contribution in [0.1, 0.15) is 33.1 Å². The van der Waals surface area contributed by atoms with Gasteiger partial charge in [-0.05, 0) is 26.3 Å². The van der Waals surface area contributed by atoms with Crippen LogP contribution in [0.4, 0.5) is 4.39 Å². The topological polar surface area (TPSA) is 84.8 Å². The van der Waals surface area contributed by atoms with Gasteiger partial charge in [0.1, 0.15) is 18.3 Å². The molecule has 0 spiro atoms. The van der Waals surface area contributed by atoms with Crippen molar-refractivity contribution >= 4 is 21.8 Å². The maximum atomic E-state index is 13.7. The molecule has 0 unspecified atom stereocenters. The van der Waals surface area contributed by atoms with Crippen molar-refractivity contribution < 1.29 is 22.3 Å². The van der Waals surface area contributed by atoms with Crippen LogP contribution in [0, 0.1) is 0 Å². The number of ether oxygens (including phenoxy) is 1. The van der Waals surface area contributed by atoms with Crippen molar-refractivity contribution in [1.29, 1.82) is 0 Å². The van der Waals surface area contributed by atoms with Crippen LogP contribution in [0.2, 0.25) is 0 Å². The Balaban J connectivity index is 2.84. The largest absolute Gasteiger partial charge is 0.459 e. The fourth-order valence-corrected chi connectivity index (χ4v) is 3.04. The predicted octanol–water partition coefficient (Wildman–Crippen LogP) is 2.96. The number of hydrogen-bond acceptors (Lipinski definition) is 5. The van der Waals surface area contributed by atoms with Gasteiger partial charge in [0.2, 0.25) is 10.0 Å². The average Bonchev–Trinajstić information content (AvgIpc) is 2.52. The summed E-state index contributed by atoms with van der Waals surface area (Å²) in [5, 5.41) is 0. The van der Waals surface area contributed by atoms with E-state index in [2.05, 4.69) is 22.9 Å². The van der Waals surface area contributed by atoms with Crippen LogP contribution in [0.15, 0.2) is 53.9 Å². The molecular formula is C18H25FN2O4S. The third-order valence-electron chi connectivity index (χ3n) is 3.27. The summed E-state index contributed by atoms with van der Waals surface area (Å²) in [6.45, 7) is 10.2. The molecular weight excluding hydrogens is 359 g/mol. The second-order valence-electron chi connectivity index (χ2n) is 6.37. The summed E-state index contributed by atoms with van der Waals surface area (Å²) in [6.07, 6.45) is 6.80. The Morgan fingerprint density at radius 3 is 2.69 bits per heavy atom. The number of amidine groups is 1. The summed E-state index contributed by atoms with van der Waals surface area (Å²) in [6, 6.07) is 0. The minimum absolute atomic E-state index is 0.0889. The van der Waals surface area contributed by atoms with Crippen LogP contribution in [0.3, 0.4) is 0 Å². The van der Waals surface area contributed by atoms with E-state index in [-0.39, 0.29) is 36.6 Å². The minimum Gasteiger partial charge on any atom is -0.459 e. The number of halogens is 1. The minimum atomic E-state index is -3.60. The smallest absolute Gasteiger partial charge is 0.340 e. The zero-order chi connectivity index (χ0) is 19.8. The van der Waals surface area contributed by atoms with E-state index < -0.39 is 27.4 Å². The molecule has 0 radical (unpaired) electrons. The Kier molecular flexibility index (Phi) is 7.95. The van der Waals surface area contributed by atoms with Gasteiger partial charge in [0.15, 0.2) is 0 Å². The number of hydrogen-bond donors (Lipinski definition) is 1. The molecule has 26 heavy (non-hydrogen) atoms. The van der Waals surface area contributed by atoms with Crippen LogP contribution in [-0.2, 0) is 19.6 Å². The highest BCUT2D eigenvalue weighted by atomic mass is 32.2. The Morgan fingerprint density at radius 1 is 1.42 bits per heavy atom. The van der Waals surface area contributed by atoms with E-state index in [1.807, 2.05) is 0 Å². The van der Waals surface area contributed by atoms with E-state index in [0.717, 1.165) is 0 Å². The Bertz CT molecular complexity index is 749. The first-order chi connectivity index (χ1) is 12.1. The lowest BCUT2D eigenvalue weighted by atomic mass is 10.1. The first-order valence-electron chi connectivity index (χ1n) is 8.13. The number of nitrogens with zero attached hydrogens (tertiary/aromatic N) is 1. The summed E-state index contributed by atoms with van der Waals surface area (Å²) < 4.78 is 45.0. The normalized spacial score (nSPS) is 15.6. The molecule has 0 amide bonds. The van der Waals surface area contributed by atoms with Gasteiger partial charge in [-0.15, -0.1) is 13.2 Å². The van der Waals surface area contributed by atoms with Crippen molar-refractivity contribution in [3.8, 4) is 0 Å². The fraction of sp³-hybridized carbons (Fsp3) is 0.444. The second kappa shape index (κ2) is 9.47. The lowest BCUT2D eigenvalue weighted by Crippen LogP contribution is -2.36. The van der Waals surface area contributed by atoms with Crippen LogP contribution in [0.5, 0.6) is 0 Å². The molecule has 0 fully saturated rings. The lowest BCUT2D eigenvalue weighted by molar-refractivity contribution is -0.140. The van der Waals surface area contributed by atoms with Gasteiger partial charge in [0.05, 0.1) is 16.9 Å². The van der Waals surface area contributed by atoms with Gasteiger partial charge >= 0.3 is 5.97 Å². The zero-order valence-corrected chi connectivity index (χ0v) is 15.9. The molecule has 0 saturated carbocycles. The first kappa shape index (κ1) is 21.8. The quantitative estimate of drug-likeness (QED) is 0.287. The maximum Gasteiger partial charge on any atom is 0.340 e. The lowest BCUT2D eigenvalue weighted by Gasteiger charge is -2.22. The Morgan fingerprint density at radius 2 is 2.12 bits per heavy atom. The van der Waals surface area contributed by atoms with E-state index in [0.29, 0.717) is 6.42 Å². The van der Waals surface area contributed by atoms with Crippen molar-refractivity contribution in [3.05, 3.63) is 48.9 Å².